The molecule has 0 bridgehead atoms. The van der Waals surface area contributed by atoms with Gasteiger partial charge in [-0.2, -0.15) is 0 Å². The summed E-state index contributed by atoms with van der Waals surface area (Å²) in [7, 11) is 0. The number of fused-ring (bicyclic) bond motifs is 1. The van der Waals surface area contributed by atoms with Crippen molar-refractivity contribution in [1.82, 2.24) is 15.0 Å². The molecule has 0 saturated carbocycles. The van der Waals surface area contributed by atoms with E-state index in [4.69, 9.17) is 4.98 Å². The fraction of sp³-hybridized carbons (Fsp3) is 0.0952. The van der Waals surface area contributed by atoms with Gasteiger partial charge in [0.2, 0.25) is 0 Å². The molecular weight excluding hydrogens is 324 g/mol. The molecule has 4 rings (SSSR count). The molecule has 2 aromatic carbocycles. The summed E-state index contributed by atoms with van der Waals surface area (Å²) in [6.07, 6.45) is 3.47. The van der Waals surface area contributed by atoms with Crippen molar-refractivity contribution in [1.29, 1.82) is 0 Å². The summed E-state index contributed by atoms with van der Waals surface area (Å²) in [5, 5.41) is 14.2. The average molecular weight is 342 g/mol. The summed E-state index contributed by atoms with van der Waals surface area (Å²) >= 11 is 0. The molecule has 0 saturated heterocycles. The van der Waals surface area contributed by atoms with Gasteiger partial charge in [0.05, 0.1) is 18.2 Å². The normalized spacial score (nSPS) is 12.0. The first-order valence-corrected chi connectivity index (χ1v) is 8.44. The zero-order chi connectivity index (χ0) is 17.8. The Kier molecular flexibility index (Phi) is 4.53. The molecule has 5 nitrogen and oxygen atoms in total. The van der Waals surface area contributed by atoms with Crippen LogP contribution in [0.3, 0.4) is 0 Å². The van der Waals surface area contributed by atoms with Crippen molar-refractivity contribution in [3.8, 4) is 11.4 Å². The number of pyridine rings is 1. The molecule has 0 fully saturated rings. The highest BCUT2D eigenvalue weighted by atomic mass is 16.3. The Morgan fingerprint density at radius 2 is 1.69 bits per heavy atom. The van der Waals surface area contributed by atoms with Crippen LogP contribution in [0.4, 0.5) is 5.82 Å². The molecule has 0 aliphatic heterocycles. The highest BCUT2D eigenvalue weighted by Gasteiger charge is 2.15. The number of nitrogens with one attached hydrogen (secondary N) is 1. The van der Waals surface area contributed by atoms with E-state index in [1.807, 2.05) is 66.7 Å². The van der Waals surface area contributed by atoms with Gasteiger partial charge in [-0.25, -0.2) is 9.97 Å². The van der Waals surface area contributed by atoms with Gasteiger partial charge in [-0.3, -0.25) is 4.98 Å². The molecular formula is C21H18N4O. The van der Waals surface area contributed by atoms with Crippen LogP contribution in [0, 0.1) is 0 Å². The number of hydrogen-bond donors (Lipinski definition) is 2. The Balaban J connectivity index is 1.80. The zero-order valence-electron chi connectivity index (χ0n) is 14.1. The molecule has 1 atom stereocenters. The standard InChI is InChI=1S/C21H18N4O/c26-14-19(15-7-2-1-3-8-15)24-21-17-10-4-5-11-18(17)23-20(25-21)16-9-6-12-22-13-16/h1-13,19,26H,14H2,(H,23,24,25)/t19-/m0/s1. The van der Waals surface area contributed by atoms with Crippen molar-refractivity contribution in [3.05, 3.63) is 84.7 Å². The van der Waals surface area contributed by atoms with Crippen molar-refractivity contribution in [2.24, 2.45) is 0 Å². The summed E-state index contributed by atoms with van der Waals surface area (Å²) in [6.45, 7) is -0.0371. The lowest BCUT2D eigenvalue weighted by Gasteiger charge is -2.19. The molecule has 128 valence electrons. The smallest absolute Gasteiger partial charge is 0.163 e. The zero-order valence-corrected chi connectivity index (χ0v) is 14.1. The second kappa shape index (κ2) is 7.29. The van der Waals surface area contributed by atoms with Crippen LogP contribution in [0.5, 0.6) is 0 Å². The number of aliphatic hydroxyl groups is 1. The SMILES string of the molecule is OC[C@H](Nc1nc(-c2cccnc2)nc2ccccc12)c1ccccc1. The van der Waals surface area contributed by atoms with Gasteiger partial charge in [0.25, 0.3) is 0 Å². The van der Waals surface area contributed by atoms with Crippen LogP contribution in [0.15, 0.2) is 79.1 Å². The first-order valence-electron chi connectivity index (χ1n) is 8.44. The van der Waals surface area contributed by atoms with E-state index in [0.717, 1.165) is 22.0 Å². The van der Waals surface area contributed by atoms with Crippen LogP contribution in [0.25, 0.3) is 22.3 Å². The lowest BCUT2D eigenvalue weighted by atomic mass is 10.1. The third-order valence-corrected chi connectivity index (χ3v) is 4.22. The van der Waals surface area contributed by atoms with Crippen LogP contribution in [-0.2, 0) is 0 Å². The number of benzene rings is 2. The maximum absolute atomic E-state index is 9.88. The van der Waals surface area contributed by atoms with E-state index in [0.29, 0.717) is 11.6 Å². The molecule has 4 aromatic rings. The number of hydrogen-bond acceptors (Lipinski definition) is 5. The Labute approximate surface area is 151 Å². The molecule has 2 heterocycles. The summed E-state index contributed by atoms with van der Waals surface area (Å²) in [6, 6.07) is 21.2. The topological polar surface area (TPSA) is 70.9 Å². The monoisotopic (exact) mass is 342 g/mol. The first-order chi connectivity index (χ1) is 12.8. The van der Waals surface area contributed by atoms with Crippen LogP contribution in [0.2, 0.25) is 0 Å². The first kappa shape index (κ1) is 16.2. The summed E-state index contributed by atoms with van der Waals surface area (Å²) in [5.41, 5.74) is 2.69. The lowest BCUT2D eigenvalue weighted by molar-refractivity contribution is 0.276. The second-order valence-electron chi connectivity index (χ2n) is 5.94. The minimum Gasteiger partial charge on any atom is -0.394 e. The van der Waals surface area contributed by atoms with Crippen molar-refractivity contribution >= 4 is 16.7 Å². The minimum absolute atomic E-state index is 0.0371. The maximum atomic E-state index is 9.88. The Bertz CT molecular complexity index is 1010. The van der Waals surface area contributed by atoms with Crippen LogP contribution >= 0.6 is 0 Å². The van der Waals surface area contributed by atoms with Crippen molar-refractivity contribution in [3.63, 3.8) is 0 Å². The number of aromatic nitrogens is 3. The molecule has 0 aliphatic carbocycles. The van der Waals surface area contributed by atoms with E-state index in [-0.39, 0.29) is 12.6 Å². The number of nitrogens with zero attached hydrogens (tertiary/aromatic N) is 3. The highest BCUT2D eigenvalue weighted by Crippen LogP contribution is 2.27. The second-order valence-corrected chi connectivity index (χ2v) is 5.94. The molecule has 0 unspecified atom stereocenters. The van der Waals surface area contributed by atoms with Gasteiger partial charge in [0, 0.05) is 23.3 Å². The van der Waals surface area contributed by atoms with Crippen LogP contribution < -0.4 is 5.32 Å². The van der Waals surface area contributed by atoms with E-state index in [2.05, 4.69) is 15.3 Å². The molecule has 2 N–H and O–H groups in total. The largest absolute Gasteiger partial charge is 0.394 e. The van der Waals surface area contributed by atoms with Gasteiger partial charge in [-0.05, 0) is 29.8 Å². The van der Waals surface area contributed by atoms with E-state index < -0.39 is 0 Å². The molecule has 2 aromatic heterocycles. The number of para-hydroxylation sites is 1. The predicted molar refractivity (Wildman–Crippen MR) is 103 cm³/mol. The van der Waals surface area contributed by atoms with Crippen LogP contribution in [0.1, 0.15) is 11.6 Å². The number of aliphatic hydroxyl groups excluding tert-OH is 1. The Morgan fingerprint density at radius 3 is 2.46 bits per heavy atom. The van der Waals surface area contributed by atoms with Crippen LogP contribution in [-0.4, -0.2) is 26.7 Å². The molecule has 0 spiro atoms. The fourth-order valence-corrected chi connectivity index (χ4v) is 2.90. The Morgan fingerprint density at radius 1 is 0.885 bits per heavy atom. The quantitative estimate of drug-likeness (QED) is 0.577. The molecule has 5 heteroatoms. The van der Waals surface area contributed by atoms with Crippen molar-refractivity contribution < 1.29 is 5.11 Å². The lowest BCUT2D eigenvalue weighted by Crippen LogP contribution is -2.16. The van der Waals surface area contributed by atoms with Gasteiger partial charge in [0.15, 0.2) is 5.82 Å². The third-order valence-electron chi connectivity index (χ3n) is 4.22. The summed E-state index contributed by atoms with van der Waals surface area (Å²) in [4.78, 5) is 13.5. The third kappa shape index (κ3) is 3.25. The van der Waals surface area contributed by atoms with Gasteiger partial charge >= 0.3 is 0 Å². The molecule has 0 aliphatic rings. The minimum atomic E-state index is -0.253. The van der Waals surface area contributed by atoms with Gasteiger partial charge < -0.3 is 10.4 Å². The molecule has 26 heavy (non-hydrogen) atoms. The van der Waals surface area contributed by atoms with E-state index in [9.17, 15) is 5.11 Å². The average Bonchev–Trinajstić information content (AvgIpc) is 2.73. The highest BCUT2D eigenvalue weighted by molar-refractivity contribution is 5.90. The van der Waals surface area contributed by atoms with Gasteiger partial charge in [-0.1, -0.05) is 42.5 Å². The fourth-order valence-electron chi connectivity index (χ4n) is 2.90. The predicted octanol–water partition coefficient (Wildman–Crippen LogP) is 3.84. The summed E-state index contributed by atoms with van der Waals surface area (Å²) in [5.74, 6) is 1.29. The maximum Gasteiger partial charge on any atom is 0.163 e. The number of rotatable bonds is 5. The number of anilines is 1. The van der Waals surface area contributed by atoms with E-state index in [1.165, 1.54) is 0 Å². The van der Waals surface area contributed by atoms with Crippen molar-refractivity contribution in [2.45, 2.75) is 6.04 Å². The van der Waals surface area contributed by atoms with E-state index in [1.54, 1.807) is 12.4 Å². The van der Waals surface area contributed by atoms with Crippen molar-refractivity contribution in [2.75, 3.05) is 11.9 Å². The summed E-state index contributed by atoms with van der Waals surface area (Å²) < 4.78 is 0. The molecule has 0 radical (unpaired) electrons. The van der Waals surface area contributed by atoms with Gasteiger partial charge in [0.1, 0.15) is 5.82 Å². The Hall–Kier alpha value is -3.31. The molecule has 0 amide bonds. The van der Waals surface area contributed by atoms with E-state index >= 15 is 0 Å². The van der Waals surface area contributed by atoms with Gasteiger partial charge in [-0.15, -0.1) is 0 Å².